The van der Waals surface area contributed by atoms with E-state index in [9.17, 15) is 8.78 Å². The van der Waals surface area contributed by atoms with Crippen molar-refractivity contribution < 1.29 is 13.5 Å². The molecule has 39 heavy (non-hydrogen) atoms. The minimum absolute atomic E-state index is 0.194. The fraction of sp³-hybridized carbons (Fsp3) is 0.345. The molecule has 0 saturated carbocycles. The van der Waals surface area contributed by atoms with Gasteiger partial charge in [0.2, 0.25) is 0 Å². The molecule has 1 fully saturated rings. The molecule has 1 saturated heterocycles. The van der Waals surface area contributed by atoms with Gasteiger partial charge in [-0.15, -0.1) is 0 Å². The van der Waals surface area contributed by atoms with Crippen LogP contribution in [0.5, 0.6) is 0 Å². The average Bonchev–Trinajstić information content (AvgIpc) is 3.72. The first kappa shape index (κ1) is 24.2. The lowest BCUT2D eigenvalue weighted by molar-refractivity contribution is 0.0302. The Morgan fingerprint density at radius 3 is 2.64 bits per heavy atom. The molecule has 2 atom stereocenters. The van der Waals surface area contributed by atoms with Gasteiger partial charge in [0.05, 0.1) is 17.8 Å². The van der Waals surface area contributed by atoms with Gasteiger partial charge in [0.1, 0.15) is 17.5 Å². The highest BCUT2D eigenvalue weighted by molar-refractivity contribution is 5.86. The molecule has 0 aliphatic carbocycles. The van der Waals surface area contributed by atoms with Crippen molar-refractivity contribution in [1.29, 1.82) is 0 Å². The Bertz CT molecular complexity index is 1630. The third-order valence-electron chi connectivity index (χ3n) is 8.25. The number of nitrogens with one attached hydrogen (secondary N) is 3. The fourth-order valence-corrected chi connectivity index (χ4v) is 6.36. The number of aryl methyl sites for hydroxylation is 1. The smallest absolute Gasteiger partial charge is 0.181 e. The Balaban J connectivity index is 1.41. The van der Waals surface area contributed by atoms with Gasteiger partial charge in [0.15, 0.2) is 5.82 Å². The van der Waals surface area contributed by atoms with Crippen LogP contribution in [0.25, 0.3) is 22.3 Å². The zero-order valence-corrected chi connectivity index (χ0v) is 21.5. The largest absolute Gasteiger partial charge is 0.381 e. The number of fused-ring (bicyclic) bond motifs is 3. The summed E-state index contributed by atoms with van der Waals surface area (Å²) in [6.07, 6.45) is 6.39. The maximum atomic E-state index is 14.3. The molecule has 5 aromatic rings. The van der Waals surface area contributed by atoms with Crippen LogP contribution in [0.2, 0.25) is 0 Å². The van der Waals surface area contributed by atoms with Crippen LogP contribution in [0.4, 0.5) is 8.78 Å². The van der Waals surface area contributed by atoms with Gasteiger partial charge in [-0.25, -0.2) is 13.8 Å². The van der Waals surface area contributed by atoms with Gasteiger partial charge < -0.3 is 9.72 Å². The summed E-state index contributed by atoms with van der Waals surface area (Å²) in [5.41, 5.74) is 4.09. The fourth-order valence-electron chi connectivity index (χ4n) is 6.36. The Morgan fingerprint density at radius 2 is 1.87 bits per heavy atom. The molecule has 3 N–H and O–H groups in total. The number of nitrogens with zero attached hydrogens (tertiary/aromatic N) is 4. The number of hydrogen-bond acceptors (Lipinski definition) is 5. The van der Waals surface area contributed by atoms with E-state index in [1.807, 2.05) is 16.9 Å². The first-order chi connectivity index (χ1) is 19.0. The van der Waals surface area contributed by atoms with Crippen molar-refractivity contribution in [1.82, 2.24) is 35.3 Å². The number of hydrogen-bond donors (Lipinski definition) is 3. The molecule has 200 valence electrons. The van der Waals surface area contributed by atoms with Crippen LogP contribution >= 0.6 is 0 Å². The van der Waals surface area contributed by atoms with E-state index < -0.39 is 5.54 Å². The van der Waals surface area contributed by atoms with E-state index in [1.54, 1.807) is 18.2 Å². The molecule has 8 nitrogen and oxygen atoms in total. The molecule has 0 bridgehead atoms. The predicted molar refractivity (Wildman–Crippen MR) is 142 cm³/mol. The first-order valence-corrected chi connectivity index (χ1v) is 13.4. The van der Waals surface area contributed by atoms with E-state index in [2.05, 4.69) is 38.7 Å². The third kappa shape index (κ3) is 3.97. The molecule has 0 spiro atoms. The molecular weight excluding hydrogens is 500 g/mol. The van der Waals surface area contributed by atoms with Gasteiger partial charge >= 0.3 is 0 Å². The van der Waals surface area contributed by atoms with Crippen LogP contribution in [0, 0.1) is 17.6 Å². The Kier molecular flexibility index (Phi) is 5.82. The summed E-state index contributed by atoms with van der Waals surface area (Å²) in [6.45, 7) is 4.16. The van der Waals surface area contributed by atoms with Crippen LogP contribution in [0.15, 0.2) is 54.9 Å². The number of aromatic amines is 2. The predicted octanol–water partition coefficient (Wildman–Crippen LogP) is 5.00. The molecule has 10 heteroatoms. The van der Waals surface area contributed by atoms with Gasteiger partial charge in [0, 0.05) is 53.7 Å². The highest BCUT2D eigenvalue weighted by Gasteiger charge is 2.50. The summed E-state index contributed by atoms with van der Waals surface area (Å²) >= 11 is 0. The molecule has 0 unspecified atom stereocenters. The summed E-state index contributed by atoms with van der Waals surface area (Å²) in [5, 5.41) is 17.2. The lowest BCUT2D eigenvalue weighted by Crippen LogP contribution is -2.55. The molecule has 7 rings (SSSR count). The molecule has 2 aliphatic heterocycles. The molecule has 0 radical (unpaired) electrons. The first-order valence-electron chi connectivity index (χ1n) is 13.4. The molecule has 0 amide bonds. The van der Waals surface area contributed by atoms with E-state index in [-0.39, 0.29) is 23.6 Å². The number of halogens is 2. The molecular formula is C29H29F2N7O. The van der Waals surface area contributed by atoms with Crippen molar-refractivity contribution in [2.75, 3.05) is 13.2 Å². The minimum Gasteiger partial charge on any atom is -0.381 e. The van der Waals surface area contributed by atoms with Gasteiger partial charge in [-0.1, -0.05) is 0 Å². The zero-order valence-electron chi connectivity index (χ0n) is 21.5. The van der Waals surface area contributed by atoms with E-state index in [0.717, 1.165) is 52.7 Å². The highest BCUT2D eigenvalue weighted by atomic mass is 19.1. The van der Waals surface area contributed by atoms with Crippen LogP contribution in [0.3, 0.4) is 0 Å². The van der Waals surface area contributed by atoms with Gasteiger partial charge in [-0.2, -0.15) is 10.2 Å². The third-order valence-corrected chi connectivity index (χ3v) is 8.25. The maximum absolute atomic E-state index is 14.3. The Labute approximate surface area is 223 Å². The average molecular weight is 530 g/mol. The highest BCUT2D eigenvalue weighted by Crippen LogP contribution is 2.49. The van der Waals surface area contributed by atoms with Crippen molar-refractivity contribution >= 4 is 10.9 Å². The number of H-pyrrole nitrogens is 2. The van der Waals surface area contributed by atoms with E-state index in [4.69, 9.17) is 9.72 Å². The lowest BCUT2D eigenvalue weighted by atomic mass is 9.69. The number of aromatic nitrogens is 6. The Morgan fingerprint density at radius 1 is 1.08 bits per heavy atom. The van der Waals surface area contributed by atoms with Crippen LogP contribution in [0.1, 0.15) is 48.5 Å². The number of rotatable bonds is 5. The summed E-state index contributed by atoms with van der Waals surface area (Å²) in [4.78, 5) is 8.46. The van der Waals surface area contributed by atoms with E-state index in [1.165, 1.54) is 18.2 Å². The minimum atomic E-state index is -0.631. The molecule has 2 aliphatic rings. The van der Waals surface area contributed by atoms with Crippen molar-refractivity contribution in [2.24, 2.45) is 5.92 Å². The summed E-state index contributed by atoms with van der Waals surface area (Å²) in [7, 11) is 0. The topological polar surface area (TPSA) is 96.4 Å². The lowest BCUT2D eigenvalue weighted by Gasteiger charge is -2.47. The zero-order chi connectivity index (χ0) is 26.6. The van der Waals surface area contributed by atoms with Crippen LogP contribution in [-0.4, -0.2) is 43.2 Å². The summed E-state index contributed by atoms with van der Waals surface area (Å²) in [6, 6.07) is 10.9. The van der Waals surface area contributed by atoms with E-state index >= 15 is 0 Å². The summed E-state index contributed by atoms with van der Waals surface area (Å²) < 4.78 is 35.6. The molecule has 5 heterocycles. The number of benzene rings is 2. The van der Waals surface area contributed by atoms with Gasteiger partial charge in [0.25, 0.3) is 0 Å². The van der Waals surface area contributed by atoms with Crippen LogP contribution in [-0.2, 0) is 23.2 Å². The van der Waals surface area contributed by atoms with Gasteiger partial charge in [-0.05, 0) is 80.1 Å². The second kappa shape index (κ2) is 9.39. The summed E-state index contributed by atoms with van der Waals surface area (Å²) in [5.74, 6) is 0.811. The molecule has 2 aromatic carbocycles. The normalized spacial score (nSPS) is 21.9. The monoisotopic (exact) mass is 529 g/mol. The van der Waals surface area contributed by atoms with Crippen molar-refractivity contribution in [2.45, 2.75) is 44.3 Å². The number of ether oxygens (including phenoxy) is 1. The van der Waals surface area contributed by atoms with E-state index in [0.29, 0.717) is 31.3 Å². The van der Waals surface area contributed by atoms with Crippen molar-refractivity contribution in [3.8, 4) is 11.4 Å². The van der Waals surface area contributed by atoms with Crippen molar-refractivity contribution in [3.63, 3.8) is 0 Å². The van der Waals surface area contributed by atoms with Gasteiger partial charge in [-0.3, -0.25) is 15.1 Å². The Hall–Kier alpha value is -3.89. The SMILES string of the molecule is CCn1cc([C@]2(C3CCOCC3)N[C@@H](c3nc(-c4ccc(F)cc4)n[nH]3)Cc3c2[nH]c2cc(F)ccc32)cn1. The molecule has 3 aromatic heterocycles. The second-order valence-electron chi connectivity index (χ2n) is 10.4. The standard InChI is InChI=1S/C29H29F2N7O/c1-2-38-16-19(15-32-38)29(18-9-11-39-12-10-18)26-23(22-8-7-21(31)13-24(22)33-26)14-25(35-29)28-34-27(36-37-28)17-3-5-20(30)6-4-17/h3-8,13,15-16,18,25,33,35H,2,9-12,14H2,1H3,(H,34,36,37)/t25-,29+/m1/s1. The second-order valence-corrected chi connectivity index (χ2v) is 10.4. The van der Waals surface area contributed by atoms with Crippen molar-refractivity contribution in [3.05, 3.63) is 89.1 Å². The quantitative estimate of drug-likeness (QED) is 0.298. The maximum Gasteiger partial charge on any atom is 0.181 e. The van der Waals surface area contributed by atoms with Crippen LogP contribution < -0.4 is 5.32 Å².